The van der Waals surface area contributed by atoms with Gasteiger partial charge in [0.15, 0.2) is 0 Å². The van der Waals surface area contributed by atoms with E-state index in [4.69, 9.17) is 0 Å². The van der Waals surface area contributed by atoms with Gasteiger partial charge in [-0.3, -0.25) is 0 Å². The van der Waals surface area contributed by atoms with Gasteiger partial charge in [0, 0.05) is 17.8 Å². The molecular formula is C17H14F4N2O3. The van der Waals surface area contributed by atoms with Crippen LogP contribution in [0.2, 0.25) is 0 Å². The van der Waals surface area contributed by atoms with Crippen LogP contribution in [0.4, 0.5) is 28.0 Å². The first-order valence-electron chi connectivity index (χ1n) is 7.29. The lowest BCUT2D eigenvalue weighted by Crippen LogP contribution is -2.28. The quantitative estimate of drug-likeness (QED) is 0.633. The maximum atomic E-state index is 13.6. The van der Waals surface area contributed by atoms with E-state index in [1.807, 2.05) is 0 Å². The first-order valence-corrected chi connectivity index (χ1v) is 7.29. The van der Waals surface area contributed by atoms with Crippen LogP contribution in [-0.2, 0) is 17.5 Å². The first-order chi connectivity index (χ1) is 12.2. The second-order valence-electron chi connectivity index (χ2n) is 5.18. The molecule has 0 aliphatic rings. The van der Waals surface area contributed by atoms with Gasteiger partial charge < -0.3 is 15.4 Å². The van der Waals surface area contributed by atoms with Crippen molar-refractivity contribution >= 4 is 17.7 Å². The molecule has 0 saturated carbocycles. The molecular weight excluding hydrogens is 356 g/mol. The van der Waals surface area contributed by atoms with Crippen LogP contribution < -0.4 is 10.6 Å². The van der Waals surface area contributed by atoms with Crippen LogP contribution in [0.25, 0.3) is 0 Å². The second kappa shape index (κ2) is 7.85. The molecule has 0 spiro atoms. The summed E-state index contributed by atoms with van der Waals surface area (Å²) in [5.41, 5.74) is -0.857. The lowest BCUT2D eigenvalue weighted by molar-refractivity contribution is -0.137. The number of benzene rings is 2. The maximum Gasteiger partial charge on any atom is 0.416 e. The van der Waals surface area contributed by atoms with Gasteiger partial charge in [0.1, 0.15) is 5.82 Å². The summed E-state index contributed by atoms with van der Waals surface area (Å²) >= 11 is 0. The molecule has 26 heavy (non-hydrogen) atoms. The average Bonchev–Trinajstić information content (AvgIpc) is 2.59. The molecule has 0 aliphatic heterocycles. The fourth-order valence-corrected chi connectivity index (χ4v) is 2.08. The Balaban J connectivity index is 2.02. The molecule has 0 heterocycles. The number of carbonyl (C=O) groups excluding carboxylic acids is 2. The molecule has 0 aliphatic carbocycles. The SMILES string of the molecule is COC(=O)c1cccc(NC(=O)NCc2cc(C(F)(F)F)ccc2F)c1. The van der Waals surface area contributed by atoms with Gasteiger partial charge in [0.2, 0.25) is 0 Å². The number of hydrogen-bond acceptors (Lipinski definition) is 3. The van der Waals surface area contributed by atoms with E-state index in [-0.39, 0.29) is 16.8 Å². The Kier molecular flexibility index (Phi) is 5.81. The number of methoxy groups -OCH3 is 1. The highest BCUT2D eigenvalue weighted by Crippen LogP contribution is 2.30. The van der Waals surface area contributed by atoms with Gasteiger partial charge in [0.25, 0.3) is 0 Å². The van der Waals surface area contributed by atoms with Crippen molar-refractivity contribution in [2.24, 2.45) is 0 Å². The molecule has 5 nitrogen and oxygen atoms in total. The minimum Gasteiger partial charge on any atom is -0.465 e. The number of hydrogen-bond donors (Lipinski definition) is 2. The molecule has 9 heteroatoms. The van der Waals surface area contributed by atoms with Crippen LogP contribution in [0.1, 0.15) is 21.5 Å². The van der Waals surface area contributed by atoms with Crippen molar-refractivity contribution in [3.63, 3.8) is 0 Å². The molecule has 0 radical (unpaired) electrons. The van der Waals surface area contributed by atoms with Gasteiger partial charge in [-0.25, -0.2) is 14.0 Å². The van der Waals surface area contributed by atoms with Crippen LogP contribution in [0.15, 0.2) is 42.5 Å². The van der Waals surface area contributed by atoms with Crippen LogP contribution >= 0.6 is 0 Å². The van der Waals surface area contributed by atoms with Gasteiger partial charge in [-0.05, 0) is 36.4 Å². The lowest BCUT2D eigenvalue weighted by atomic mass is 10.1. The van der Waals surface area contributed by atoms with Crippen LogP contribution in [0.5, 0.6) is 0 Å². The molecule has 0 fully saturated rings. The van der Waals surface area contributed by atoms with E-state index in [0.717, 1.165) is 0 Å². The second-order valence-corrected chi connectivity index (χ2v) is 5.18. The van der Waals surface area contributed by atoms with E-state index in [0.29, 0.717) is 18.2 Å². The molecule has 2 rings (SSSR count). The van der Waals surface area contributed by atoms with Crippen LogP contribution in [0.3, 0.4) is 0 Å². The van der Waals surface area contributed by atoms with E-state index in [1.165, 1.54) is 31.4 Å². The Hall–Kier alpha value is -3.10. The zero-order valence-electron chi connectivity index (χ0n) is 13.5. The van der Waals surface area contributed by atoms with Crippen molar-refractivity contribution in [2.45, 2.75) is 12.7 Å². The van der Waals surface area contributed by atoms with E-state index in [2.05, 4.69) is 15.4 Å². The van der Waals surface area contributed by atoms with E-state index < -0.39 is 36.1 Å². The molecule has 2 amide bonds. The summed E-state index contributed by atoms with van der Waals surface area (Å²) in [7, 11) is 1.21. The summed E-state index contributed by atoms with van der Waals surface area (Å²) in [5, 5.41) is 4.65. The van der Waals surface area contributed by atoms with Gasteiger partial charge in [-0.2, -0.15) is 13.2 Å². The average molecular weight is 370 g/mol. The Morgan fingerprint density at radius 3 is 2.50 bits per heavy atom. The Bertz CT molecular complexity index is 822. The third kappa shape index (κ3) is 4.95. The molecule has 0 atom stereocenters. The fourth-order valence-electron chi connectivity index (χ4n) is 2.08. The highest BCUT2D eigenvalue weighted by Gasteiger charge is 2.31. The highest BCUT2D eigenvalue weighted by atomic mass is 19.4. The molecule has 2 N–H and O–H groups in total. The number of anilines is 1. The summed E-state index contributed by atoms with van der Waals surface area (Å²) in [4.78, 5) is 23.3. The van der Waals surface area contributed by atoms with Crippen molar-refractivity contribution in [1.29, 1.82) is 0 Å². The Morgan fingerprint density at radius 1 is 1.12 bits per heavy atom. The Labute approximate surface area is 146 Å². The number of nitrogens with one attached hydrogen (secondary N) is 2. The van der Waals surface area contributed by atoms with Crippen molar-refractivity contribution in [1.82, 2.24) is 5.32 Å². The van der Waals surface area contributed by atoms with Crippen molar-refractivity contribution in [2.75, 3.05) is 12.4 Å². The van der Waals surface area contributed by atoms with Gasteiger partial charge >= 0.3 is 18.2 Å². The normalized spacial score (nSPS) is 11.0. The number of halogens is 4. The van der Waals surface area contributed by atoms with E-state index in [9.17, 15) is 27.2 Å². The molecule has 2 aromatic rings. The zero-order chi connectivity index (χ0) is 19.3. The first kappa shape index (κ1) is 19.2. The lowest BCUT2D eigenvalue weighted by Gasteiger charge is -2.11. The number of rotatable bonds is 4. The van der Waals surface area contributed by atoms with Crippen molar-refractivity contribution < 1.29 is 31.9 Å². The molecule has 0 unspecified atom stereocenters. The van der Waals surface area contributed by atoms with Gasteiger partial charge in [-0.1, -0.05) is 6.07 Å². The third-order valence-electron chi connectivity index (χ3n) is 3.35. The summed E-state index contributed by atoms with van der Waals surface area (Å²) in [5.74, 6) is -1.47. The monoisotopic (exact) mass is 370 g/mol. The highest BCUT2D eigenvalue weighted by molar-refractivity contribution is 5.93. The number of urea groups is 1. The molecule has 0 saturated heterocycles. The molecule has 138 valence electrons. The minimum absolute atomic E-state index is 0.203. The summed E-state index contributed by atoms with van der Waals surface area (Å²) in [6, 6.07) is 7.01. The number of alkyl halides is 3. The summed E-state index contributed by atoms with van der Waals surface area (Å²) in [6.45, 7) is -0.446. The van der Waals surface area contributed by atoms with Gasteiger partial charge in [0.05, 0.1) is 18.2 Å². The largest absolute Gasteiger partial charge is 0.465 e. The topological polar surface area (TPSA) is 67.4 Å². The molecule has 2 aromatic carbocycles. The molecule has 0 bridgehead atoms. The number of ether oxygens (including phenoxy) is 1. The molecule has 0 aromatic heterocycles. The smallest absolute Gasteiger partial charge is 0.416 e. The fraction of sp³-hybridized carbons (Fsp3) is 0.176. The van der Waals surface area contributed by atoms with Gasteiger partial charge in [-0.15, -0.1) is 0 Å². The van der Waals surface area contributed by atoms with Crippen molar-refractivity contribution in [3.8, 4) is 0 Å². The Morgan fingerprint density at radius 2 is 1.85 bits per heavy atom. The predicted octanol–water partition coefficient (Wildman–Crippen LogP) is 3.95. The summed E-state index contributed by atoms with van der Waals surface area (Å²) < 4.78 is 56.2. The minimum atomic E-state index is -4.61. The van der Waals surface area contributed by atoms with Crippen molar-refractivity contribution in [3.05, 3.63) is 65.0 Å². The number of amides is 2. The zero-order valence-corrected chi connectivity index (χ0v) is 13.5. The maximum absolute atomic E-state index is 13.6. The van der Waals surface area contributed by atoms with Crippen LogP contribution in [0, 0.1) is 5.82 Å². The van der Waals surface area contributed by atoms with E-state index in [1.54, 1.807) is 0 Å². The summed E-state index contributed by atoms with van der Waals surface area (Å²) in [6.07, 6.45) is -4.61. The van der Waals surface area contributed by atoms with Crippen LogP contribution in [-0.4, -0.2) is 19.1 Å². The standard InChI is InChI=1S/C17H14F4N2O3/c1-26-15(24)10-3-2-4-13(8-10)23-16(25)22-9-11-7-12(17(19,20)21)5-6-14(11)18/h2-8H,9H2,1H3,(H2,22,23,25). The van der Waals surface area contributed by atoms with E-state index >= 15 is 0 Å². The number of esters is 1. The number of carbonyl (C=O) groups is 2. The predicted molar refractivity (Wildman–Crippen MR) is 85.0 cm³/mol. The third-order valence-corrected chi connectivity index (χ3v) is 3.35.